The summed E-state index contributed by atoms with van der Waals surface area (Å²) < 4.78 is 24.7. The van der Waals surface area contributed by atoms with Crippen molar-refractivity contribution in [3.63, 3.8) is 0 Å². The Hall–Kier alpha value is -7.38. The van der Waals surface area contributed by atoms with E-state index < -0.39 is 0 Å². The van der Waals surface area contributed by atoms with Gasteiger partial charge < -0.3 is 18.7 Å². The van der Waals surface area contributed by atoms with Crippen LogP contribution in [0, 0.1) is 31.8 Å². The molecule has 14 rings (SSSR count). The molecule has 0 N–H and O–H groups in total. The maximum atomic E-state index is 12.7. The summed E-state index contributed by atoms with van der Waals surface area (Å²) in [4.78, 5) is 9.44. The Bertz CT molecular complexity index is 4380. The van der Waals surface area contributed by atoms with Crippen LogP contribution in [-0.4, -0.2) is 25.6 Å². The molecule has 2 aliphatic heterocycles. The van der Waals surface area contributed by atoms with Crippen LogP contribution in [0.1, 0.15) is 90.1 Å². The molecule has 0 atom stereocenters. The molecule has 2 aliphatic rings. The Kier molecular flexibility index (Phi) is 11.5. The minimum Gasteiger partial charge on any atom is -0.458 e. The number of hydrogen-bond acceptors (Lipinski definition) is 3. The van der Waals surface area contributed by atoms with E-state index >= 15 is 0 Å². The number of nitrogens with zero attached hydrogens (tertiary/aromatic N) is 4. The van der Waals surface area contributed by atoms with Crippen LogP contribution in [0.25, 0.3) is 88.2 Å². The van der Waals surface area contributed by atoms with E-state index in [2.05, 4.69) is 204 Å². The number of fused-ring (bicyclic) bond motifs is 15. The molecule has 6 heterocycles. The van der Waals surface area contributed by atoms with Crippen LogP contribution < -0.4 is 21.1 Å². The smallest absolute Gasteiger partial charge is 0.256 e. The van der Waals surface area contributed by atoms with Gasteiger partial charge in [0.1, 0.15) is 11.5 Å². The number of imidazole rings is 1. The van der Waals surface area contributed by atoms with Gasteiger partial charge >= 0.3 is 0 Å². The zero-order chi connectivity index (χ0) is 52.0. The van der Waals surface area contributed by atoms with Crippen LogP contribution in [0.2, 0.25) is 0 Å². The molecule has 0 saturated carbocycles. The summed E-state index contributed by atoms with van der Waals surface area (Å²) in [6, 6.07) is 58.2. The van der Waals surface area contributed by atoms with Crippen LogP contribution in [0.15, 0.2) is 152 Å². The zero-order valence-electron chi connectivity index (χ0n) is 44.9. The molecule has 0 spiro atoms. The molecular formula is C68H58BFIrN4O-2. The number of halogens is 1. The van der Waals surface area contributed by atoms with Crippen molar-refractivity contribution in [2.24, 2.45) is 0 Å². The molecule has 1 radical (unpaired) electrons. The first-order chi connectivity index (χ1) is 35.8. The van der Waals surface area contributed by atoms with E-state index in [1.54, 1.807) is 6.07 Å². The van der Waals surface area contributed by atoms with Gasteiger partial charge in [-0.25, -0.2) is 0 Å². The molecule has 0 unspecified atom stereocenters. The summed E-state index contributed by atoms with van der Waals surface area (Å²) >= 11 is 0. The van der Waals surface area contributed by atoms with E-state index in [-0.39, 0.29) is 48.9 Å². The molecular weight excluding hydrogens is 1110 g/mol. The minimum absolute atomic E-state index is 0. The number of ether oxygens (including phenoxy) is 1. The van der Waals surface area contributed by atoms with E-state index in [9.17, 15) is 4.39 Å². The van der Waals surface area contributed by atoms with Crippen LogP contribution in [0.5, 0.6) is 11.5 Å². The second-order valence-electron chi connectivity index (χ2n) is 24.0. The second kappa shape index (κ2) is 17.6. The van der Waals surface area contributed by atoms with Gasteiger partial charge in [0.15, 0.2) is 0 Å². The number of hydrogen-bond donors (Lipinski definition) is 0. The third-order valence-corrected chi connectivity index (χ3v) is 15.9. The van der Waals surface area contributed by atoms with E-state index in [1.165, 1.54) is 83.7 Å². The Morgan fingerprint density at radius 3 is 2.07 bits per heavy atom. The zero-order valence-corrected chi connectivity index (χ0v) is 47.3. The van der Waals surface area contributed by atoms with Crippen molar-refractivity contribution in [1.29, 1.82) is 0 Å². The average Bonchev–Trinajstić information content (AvgIpc) is 3.99. The standard InChI is InChI=1S/C55H47BN3O.C13H11FN.Ir/c1-53(2,3)33-19-22-44-39(27-33)40-28-35(55(7,8)9)30-42-51(40)58(44)47-25-32(26-49-50(47)56(42)41-29-34(54(4,5)6)20-23-48(41)60-49)31-18-21-37-36-14-10-11-15-38(36)52-57-43-16-12-13-17-45(43)59(52)46(37)24-31;1-9-7-13(15-8-10(9)2)11-3-5-12(14)6-4-11;/h10-14,16-30H,1-9H3;3,5-8H,1-2H3;/q2*-1;. The van der Waals surface area contributed by atoms with E-state index in [0.29, 0.717) is 0 Å². The Morgan fingerprint density at radius 1 is 0.579 bits per heavy atom. The van der Waals surface area contributed by atoms with Gasteiger partial charge in [-0.2, -0.15) is 0 Å². The fourth-order valence-electron chi connectivity index (χ4n) is 11.6. The van der Waals surface area contributed by atoms with Crippen molar-refractivity contribution in [2.45, 2.75) is 92.4 Å². The molecule has 8 aromatic carbocycles. The van der Waals surface area contributed by atoms with Gasteiger partial charge in [0.05, 0.1) is 22.2 Å². The van der Waals surface area contributed by atoms with Crippen molar-refractivity contribution in [3.05, 3.63) is 198 Å². The van der Waals surface area contributed by atoms with Crippen LogP contribution in [0.3, 0.4) is 0 Å². The molecule has 0 bridgehead atoms. The Balaban J connectivity index is 0.000000315. The second-order valence-corrected chi connectivity index (χ2v) is 24.0. The van der Waals surface area contributed by atoms with E-state index in [1.807, 2.05) is 32.2 Å². The minimum atomic E-state index is -0.275. The van der Waals surface area contributed by atoms with Crippen molar-refractivity contribution in [2.75, 3.05) is 0 Å². The SMILES string of the molecule is CC(C)(C)c1ccc2c(c1)B1c3c(cc(-c4ccc5c6ccc[c-]c6c6nc7ccccc7n6c5c4)cc3-n3c4ccc(C(C)(C)C)cc4c4cc(C(C)(C)C)cc1c43)O2.Cc1cnc(-c2[c-]cc(F)cc2)cc1C.[Ir]. The van der Waals surface area contributed by atoms with Gasteiger partial charge in [-0.15, -0.1) is 59.5 Å². The molecule has 0 fully saturated rings. The van der Waals surface area contributed by atoms with Gasteiger partial charge in [-0.1, -0.05) is 128 Å². The maximum absolute atomic E-state index is 12.7. The summed E-state index contributed by atoms with van der Waals surface area (Å²) in [5.74, 6) is 1.58. The number of benzene rings is 8. The van der Waals surface area contributed by atoms with Gasteiger partial charge in [0.25, 0.3) is 6.71 Å². The first-order valence-electron chi connectivity index (χ1n) is 26.2. The molecule has 12 aromatic rings. The number of aromatic nitrogens is 4. The maximum Gasteiger partial charge on any atom is 0.256 e. The normalized spacial score (nSPS) is 13.0. The van der Waals surface area contributed by atoms with Crippen molar-refractivity contribution >= 4 is 83.3 Å². The third-order valence-electron chi connectivity index (χ3n) is 15.9. The van der Waals surface area contributed by atoms with Gasteiger partial charge in [0, 0.05) is 59.6 Å². The Labute approximate surface area is 458 Å². The summed E-state index contributed by atoms with van der Waals surface area (Å²) in [5.41, 5.74) is 21.9. The first-order valence-corrected chi connectivity index (χ1v) is 26.2. The van der Waals surface area contributed by atoms with Crippen LogP contribution in [0.4, 0.5) is 4.39 Å². The number of para-hydroxylation sites is 2. The molecule has 0 amide bonds. The predicted molar refractivity (Wildman–Crippen MR) is 312 cm³/mol. The fourth-order valence-corrected chi connectivity index (χ4v) is 11.6. The van der Waals surface area contributed by atoms with Gasteiger partial charge in [-0.3, -0.25) is 9.37 Å². The molecule has 0 saturated heterocycles. The van der Waals surface area contributed by atoms with E-state index in [4.69, 9.17) is 9.72 Å². The van der Waals surface area contributed by atoms with Gasteiger partial charge in [0.2, 0.25) is 0 Å². The number of pyridine rings is 2. The molecule has 76 heavy (non-hydrogen) atoms. The largest absolute Gasteiger partial charge is 0.458 e. The number of aryl methyl sites for hydroxylation is 2. The van der Waals surface area contributed by atoms with Crippen molar-refractivity contribution in [3.8, 4) is 39.6 Å². The summed E-state index contributed by atoms with van der Waals surface area (Å²) in [6.07, 6.45) is 1.82. The predicted octanol–water partition coefficient (Wildman–Crippen LogP) is 15.5. The topological polar surface area (TPSA) is 44.4 Å². The first kappa shape index (κ1) is 49.5. The summed E-state index contributed by atoms with van der Waals surface area (Å²) in [7, 11) is 0. The molecule has 0 aliphatic carbocycles. The number of rotatable bonds is 2. The van der Waals surface area contributed by atoms with Crippen molar-refractivity contribution < 1.29 is 29.2 Å². The average molecular weight is 1170 g/mol. The third kappa shape index (κ3) is 7.90. The summed E-state index contributed by atoms with van der Waals surface area (Å²) in [5, 5.41) is 5.99. The molecule has 5 nitrogen and oxygen atoms in total. The summed E-state index contributed by atoms with van der Waals surface area (Å²) in [6.45, 7) is 24.9. The van der Waals surface area contributed by atoms with E-state index in [0.717, 1.165) is 72.4 Å². The van der Waals surface area contributed by atoms with Crippen LogP contribution in [-0.2, 0) is 36.4 Å². The molecule has 8 heteroatoms. The molecule has 377 valence electrons. The molecule has 4 aromatic heterocycles. The monoisotopic (exact) mass is 1170 g/mol. The fraction of sp³-hybridized carbons (Fsp3) is 0.206. The van der Waals surface area contributed by atoms with Crippen molar-refractivity contribution in [1.82, 2.24) is 18.9 Å². The van der Waals surface area contributed by atoms with Crippen LogP contribution >= 0.6 is 0 Å². The van der Waals surface area contributed by atoms with Gasteiger partial charge in [-0.05, 0) is 146 Å². The Morgan fingerprint density at radius 2 is 1.32 bits per heavy atom. The quantitative estimate of drug-likeness (QED) is 0.0984.